The Morgan fingerprint density at radius 1 is 0.312 bits per heavy atom. The van der Waals surface area contributed by atoms with Crippen molar-refractivity contribution in [3.63, 3.8) is 0 Å². The van der Waals surface area contributed by atoms with Crippen molar-refractivity contribution in [1.82, 2.24) is 4.57 Å². The van der Waals surface area contributed by atoms with E-state index in [0.29, 0.717) is 0 Å². The Labute approximate surface area is 374 Å². The van der Waals surface area contributed by atoms with E-state index >= 15 is 0 Å². The van der Waals surface area contributed by atoms with Gasteiger partial charge in [-0.2, -0.15) is 0 Å². The molecule has 1 heterocycles. The summed E-state index contributed by atoms with van der Waals surface area (Å²) in [6, 6.07) is 94.9. The third kappa shape index (κ3) is 5.97. The van der Waals surface area contributed by atoms with E-state index in [0.717, 1.165) is 39.7 Å². The van der Waals surface area contributed by atoms with Gasteiger partial charge < -0.3 is 14.4 Å². The molecule has 0 spiro atoms. The van der Waals surface area contributed by atoms with E-state index in [1.165, 1.54) is 55.2 Å². The largest absolute Gasteiger partial charge is 0.323 e. The Morgan fingerprint density at radius 3 is 1.50 bits per heavy atom. The number of benzene rings is 10. The summed E-state index contributed by atoms with van der Waals surface area (Å²) < 4.78 is 2.39. The Balaban J connectivity index is 1.04. The number of anilines is 5. The van der Waals surface area contributed by atoms with Gasteiger partial charge in [-0.1, -0.05) is 176 Å². The van der Waals surface area contributed by atoms with Gasteiger partial charge in [-0.25, -0.2) is 0 Å². The molecule has 0 bridgehead atoms. The van der Waals surface area contributed by atoms with Gasteiger partial charge >= 0.3 is 0 Å². The molecule has 0 amide bonds. The Morgan fingerprint density at radius 2 is 0.812 bits per heavy atom. The van der Waals surface area contributed by atoms with Crippen LogP contribution in [0.25, 0.3) is 49.7 Å². The van der Waals surface area contributed by atoms with E-state index in [-0.39, 0.29) is 0 Å². The van der Waals surface area contributed by atoms with Gasteiger partial charge in [0, 0.05) is 44.9 Å². The summed E-state index contributed by atoms with van der Waals surface area (Å²) >= 11 is 0. The van der Waals surface area contributed by atoms with Crippen LogP contribution in [-0.4, -0.2) is 4.57 Å². The van der Waals surface area contributed by atoms with Crippen LogP contribution < -0.4 is 9.80 Å². The number of rotatable bonds is 9. The maximum Gasteiger partial charge on any atom is 0.122 e. The second-order valence-corrected chi connectivity index (χ2v) is 16.5. The van der Waals surface area contributed by atoms with Gasteiger partial charge in [-0.3, -0.25) is 0 Å². The molecule has 10 aromatic carbocycles. The second-order valence-electron chi connectivity index (χ2n) is 16.5. The fourth-order valence-corrected chi connectivity index (χ4v) is 10.3. The molecule has 12 rings (SSSR count). The summed E-state index contributed by atoms with van der Waals surface area (Å²) in [7, 11) is 0. The molecule has 0 saturated heterocycles. The molecule has 1 unspecified atom stereocenters. The highest BCUT2D eigenvalue weighted by Crippen LogP contribution is 2.58. The van der Waals surface area contributed by atoms with Crippen LogP contribution in [0.4, 0.5) is 28.4 Å². The molecule has 0 aliphatic heterocycles. The summed E-state index contributed by atoms with van der Waals surface area (Å²) in [4.78, 5) is 4.95. The highest BCUT2D eigenvalue weighted by molar-refractivity contribution is 6.10. The number of nitrogens with zero attached hydrogens (tertiary/aromatic N) is 3. The van der Waals surface area contributed by atoms with Crippen molar-refractivity contribution in [3.8, 4) is 27.9 Å². The predicted octanol–water partition coefficient (Wildman–Crippen LogP) is 16.0. The van der Waals surface area contributed by atoms with Crippen molar-refractivity contribution in [1.29, 1.82) is 0 Å². The van der Waals surface area contributed by atoms with Crippen LogP contribution in [0.15, 0.2) is 261 Å². The minimum atomic E-state index is -0.709. The molecule has 1 aromatic heterocycles. The molecular formula is C61H43N3. The Kier molecular flexibility index (Phi) is 9.05. The first-order valence-electron chi connectivity index (χ1n) is 22.0. The quantitative estimate of drug-likeness (QED) is 0.144. The predicted molar refractivity (Wildman–Crippen MR) is 268 cm³/mol. The maximum atomic E-state index is 2.55. The molecule has 3 heteroatoms. The molecule has 0 N–H and O–H groups in total. The number of aromatic nitrogens is 1. The van der Waals surface area contributed by atoms with Crippen LogP contribution in [-0.2, 0) is 5.54 Å². The lowest BCUT2D eigenvalue weighted by molar-refractivity contribution is 0.644. The first-order chi connectivity index (χ1) is 31.8. The summed E-state index contributed by atoms with van der Waals surface area (Å²) in [5, 5.41) is 2.50. The van der Waals surface area contributed by atoms with Crippen molar-refractivity contribution >= 4 is 50.2 Å². The van der Waals surface area contributed by atoms with Crippen LogP contribution >= 0.6 is 0 Å². The SMILES string of the molecule is c1ccc(N(c2ccc(-c3ccc4c5ccccc5n(-c5ccccc5)c4c3)cc2)c2ccc3c(c2)C(c2ccccc2)(N(c2ccccc2)c2ccccc2)c2ccccc2-3)cc1. The molecule has 11 aromatic rings. The van der Waals surface area contributed by atoms with Gasteiger partial charge in [0.05, 0.1) is 11.0 Å². The average molecular weight is 818 g/mol. The topological polar surface area (TPSA) is 11.4 Å². The number of hydrogen-bond donors (Lipinski definition) is 0. The van der Waals surface area contributed by atoms with Gasteiger partial charge in [0.2, 0.25) is 0 Å². The lowest BCUT2D eigenvalue weighted by Gasteiger charge is -2.45. The maximum absolute atomic E-state index is 2.55. The zero-order valence-corrected chi connectivity index (χ0v) is 35.2. The molecule has 1 aliphatic carbocycles. The van der Waals surface area contributed by atoms with Gasteiger partial charge in [0.1, 0.15) is 5.54 Å². The number of hydrogen-bond acceptors (Lipinski definition) is 2. The normalized spacial score (nSPS) is 14.0. The van der Waals surface area contributed by atoms with Crippen molar-refractivity contribution in [2.75, 3.05) is 9.80 Å². The highest BCUT2D eigenvalue weighted by Gasteiger charge is 2.50. The average Bonchev–Trinajstić information content (AvgIpc) is 3.86. The van der Waals surface area contributed by atoms with E-state index < -0.39 is 5.54 Å². The highest BCUT2D eigenvalue weighted by atomic mass is 15.2. The van der Waals surface area contributed by atoms with E-state index in [2.05, 4.69) is 275 Å². The first kappa shape index (κ1) is 37.4. The van der Waals surface area contributed by atoms with Crippen molar-refractivity contribution < 1.29 is 0 Å². The third-order valence-electron chi connectivity index (χ3n) is 13.0. The van der Waals surface area contributed by atoms with E-state index in [1.807, 2.05) is 0 Å². The van der Waals surface area contributed by atoms with E-state index in [4.69, 9.17) is 0 Å². The first-order valence-corrected chi connectivity index (χ1v) is 22.0. The lowest BCUT2D eigenvalue weighted by Crippen LogP contribution is -2.44. The zero-order valence-electron chi connectivity index (χ0n) is 35.2. The molecular weight excluding hydrogens is 775 g/mol. The summed E-state index contributed by atoms with van der Waals surface area (Å²) in [6.45, 7) is 0. The van der Waals surface area contributed by atoms with Crippen molar-refractivity contribution in [2.24, 2.45) is 0 Å². The van der Waals surface area contributed by atoms with Gasteiger partial charge in [-0.05, 0) is 124 Å². The molecule has 0 radical (unpaired) electrons. The van der Waals surface area contributed by atoms with Gasteiger partial charge in [0.15, 0.2) is 0 Å². The number of fused-ring (bicyclic) bond motifs is 6. The fraction of sp³-hybridized carbons (Fsp3) is 0.0164. The third-order valence-corrected chi connectivity index (χ3v) is 13.0. The standard InChI is InChI=1S/C61H43N3/c1-6-20-46(21-7-1)61(64(50-26-12-4-13-27-50)51-28-14-5-15-29-51)57-32-18-16-30-53(57)54-41-39-52(43-58(54)61)62(47-22-8-2-9-23-47)49-37-34-44(35-38-49)45-36-40-56-55-31-17-19-33-59(55)63(60(56)42-45)48-24-10-3-11-25-48/h1-43H. The van der Waals surface area contributed by atoms with Gasteiger partial charge in [0.25, 0.3) is 0 Å². The molecule has 0 fully saturated rings. The minimum Gasteiger partial charge on any atom is -0.323 e. The van der Waals surface area contributed by atoms with Crippen molar-refractivity contribution in [2.45, 2.75) is 5.54 Å². The second kappa shape index (κ2) is 15.5. The summed E-state index contributed by atoms with van der Waals surface area (Å²) in [5.74, 6) is 0. The van der Waals surface area contributed by atoms with E-state index in [9.17, 15) is 0 Å². The van der Waals surface area contributed by atoms with Crippen LogP contribution in [0.2, 0.25) is 0 Å². The Hall–Kier alpha value is -8.40. The monoisotopic (exact) mass is 817 g/mol. The van der Waals surface area contributed by atoms with Crippen LogP contribution in [0.3, 0.4) is 0 Å². The van der Waals surface area contributed by atoms with E-state index in [1.54, 1.807) is 0 Å². The van der Waals surface area contributed by atoms with Gasteiger partial charge in [-0.15, -0.1) is 0 Å². The van der Waals surface area contributed by atoms with Crippen LogP contribution in [0, 0.1) is 0 Å². The Bertz CT molecular complexity index is 3380. The van der Waals surface area contributed by atoms with Crippen LogP contribution in [0.5, 0.6) is 0 Å². The smallest absolute Gasteiger partial charge is 0.122 e. The zero-order chi connectivity index (χ0) is 42.5. The molecule has 3 nitrogen and oxygen atoms in total. The van der Waals surface area contributed by atoms with Crippen LogP contribution in [0.1, 0.15) is 16.7 Å². The molecule has 302 valence electrons. The molecule has 0 saturated carbocycles. The number of para-hydroxylation sites is 5. The fourth-order valence-electron chi connectivity index (χ4n) is 10.3. The molecule has 1 aliphatic rings. The summed E-state index contributed by atoms with van der Waals surface area (Å²) in [5.41, 5.74) is 16.8. The minimum absolute atomic E-state index is 0.709. The molecule has 1 atom stereocenters. The molecule has 64 heavy (non-hydrogen) atoms. The summed E-state index contributed by atoms with van der Waals surface area (Å²) in [6.07, 6.45) is 0. The lowest BCUT2D eigenvalue weighted by atomic mass is 9.78. The van der Waals surface area contributed by atoms with Crippen molar-refractivity contribution in [3.05, 3.63) is 278 Å².